The fourth-order valence-electron chi connectivity index (χ4n) is 2.27. The molecule has 0 saturated carbocycles. The van der Waals surface area contributed by atoms with Crippen molar-refractivity contribution in [2.24, 2.45) is 11.7 Å². The van der Waals surface area contributed by atoms with E-state index in [0.29, 0.717) is 18.5 Å². The van der Waals surface area contributed by atoms with Crippen LogP contribution in [-0.4, -0.2) is 24.1 Å². The van der Waals surface area contributed by atoms with Gasteiger partial charge in [-0.05, 0) is 54.5 Å². The van der Waals surface area contributed by atoms with E-state index in [-0.39, 0.29) is 0 Å². The molecule has 0 radical (unpaired) electrons. The minimum atomic E-state index is 0.402. The Kier molecular flexibility index (Phi) is 4.77. The van der Waals surface area contributed by atoms with Crippen LogP contribution >= 0.6 is 27.7 Å². The molecule has 0 amide bonds. The quantitative estimate of drug-likeness (QED) is 0.896. The Morgan fingerprint density at radius 3 is 2.94 bits per heavy atom. The van der Waals surface area contributed by atoms with E-state index in [9.17, 15) is 0 Å². The van der Waals surface area contributed by atoms with E-state index in [1.54, 1.807) is 0 Å². The van der Waals surface area contributed by atoms with E-state index in [4.69, 9.17) is 5.73 Å². The molecular formula is C13H19BrN2S. The molecule has 0 spiro atoms. The second kappa shape index (κ2) is 6.12. The lowest BCUT2D eigenvalue weighted by Gasteiger charge is -2.24. The Balaban J connectivity index is 2.06. The lowest BCUT2D eigenvalue weighted by Crippen LogP contribution is -2.36. The van der Waals surface area contributed by atoms with Crippen molar-refractivity contribution in [1.29, 1.82) is 0 Å². The van der Waals surface area contributed by atoms with Crippen LogP contribution in [0.5, 0.6) is 0 Å². The zero-order valence-corrected chi connectivity index (χ0v) is 12.5. The first-order chi connectivity index (χ1) is 8.19. The third-order valence-electron chi connectivity index (χ3n) is 3.18. The molecule has 17 heavy (non-hydrogen) atoms. The highest BCUT2D eigenvalue weighted by atomic mass is 79.9. The van der Waals surface area contributed by atoms with Gasteiger partial charge in [-0.1, -0.05) is 15.9 Å². The van der Waals surface area contributed by atoms with E-state index in [2.05, 4.69) is 46.4 Å². The smallest absolute Gasteiger partial charge is 0.0420 e. The molecule has 0 aromatic heterocycles. The average Bonchev–Trinajstić information content (AvgIpc) is 2.77. The fraction of sp³-hybridized carbons (Fsp3) is 0.538. The molecule has 2 unspecified atom stereocenters. The van der Waals surface area contributed by atoms with Gasteiger partial charge in [-0.2, -0.15) is 11.8 Å². The standard InChI is InChI=1S/C13H19BrN2S/c1-9-4-11(14)6-12(5-9)16-13(7-15)10-2-3-17-8-10/h4-6,10,13,16H,2-3,7-8,15H2,1H3. The number of hydrogen-bond donors (Lipinski definition) is 2. The lowest BCUT2D eigenvalue weighted by molar-refractivity contribution is 0.499. The normalized spacial score (nSPS) is 21.5. The molecule has 2 atom stereocenters. The summed E-state index contributed by atoms with van der Waals surface area (Å²) < 4.78 is 1.12. The Bertz CT molecular complexity index is 357. The zero-order valence-electron chi connectivity index (χ0n) is 10.1. The first kappa shape index (κ1) is 13.2. The van der Waals surface area contributed by atoms with Crippen LogP contribution in [0, 0.1) is 12.8 Å². The predicted molar refractivity (Wildman–Crippen MR) is 80.8 cm³/mol. The number of aryl methyl sites for hydroxylation is 1. The van der Waals surface area contributed by atoms with Crippen LogP contribution in [0.2, 0.25) is 0 Å². The zero-order chi connectivity index (χ0) is 12.3. The van der Waals surface area contributed by atoms with Gasteiger partial charge in [-0.15, -0.1) is 0 Å². The van der Waals surface area contributed by atoms with Crippen LogP contribution in [0.25, 0.3) is 0 Å². The van der Waals surface area contributed by atoms with Gasteiger partial charge in [0.1, 0.15) is 0 Å². The van der Waals surface area contributed by atoms with Gasteiger partial charge in [0.15, 0.2) is 0 Å². The van der Waals surface area contributed by atoms with Gasteiger partial charge < -0.3 is 11.1 Å². The first-order valence-corrected chi connectivity index (χ1v) is 7.95. The summed E-state index contributed by atoms with van der Waals surface area (Å²) in [6.45, 7) is 2.82. The van der Waals surface area contributed by atoms with Gasteiger partial charge in [0, 0.05) is 22.7 Å². The maximum Gasteiger partial charge on any atom is 0.0420 e. The number of hydrogen-bond acceptors (Lipinski definition) is 3. The minimum absolute atomic E-state index is 0.402. The summed E-state index contributed by atoms with van der Waals surface area (Å²) in [5.41, 5.74) is 8.33. The van der Waals surface area contributed by atoms with Crippen LogP contribution in [0.15, 0.2) is 22.7 Å². The lowest BCUT2D eigenvalue weighted by atomic mass is 9.99. The maximum atomic E-state index is 5.89. The molecule has 1 fully saturated rings. The van der Waals surface area contributed by atoms with Crippen molar-refractivity contribution < 1.29 is 0 Å². The van der Waals surface area contributed by atoms with Gasteiger partial charge >= 0.3 is 0 Å². The molecule has 2 rings (SSSR count). The van der Waals surface area contributed by atoms with E-state index in [1.807, 2.05) is 11.8 Å². The summed E-state index contributed by atoms with van der Waals surface area (Å²) in [5.74, 6) is 3.23. The van der Waals surface area contributed by atoms with Crippen LogP contribution in [-0.2, 0) is 0 Å². The van der Waals surface area contributed by atoms with Crippen molar-refractivity contribution in [2.45, 2.75) is 19.4 Å². The third-order valence-corrected chi connectivity index (χ3v) is 4.83. The molecule has 94 valence electrons. The van der Waals surface area contributed by atoms with Crippen molar-refractivity contribution in [3.05, 3.63) is 28.2 Å². The van der Waals surface area contributed by atoms with Crippen molar-refractivity contribution in [1.82, 2.24) is 0 Å². The summed E-state index contributed by atoms with van der Waals surface area (Å²) in [4.78, 5) is 0. The van der Waals surface area contributed by atoms with Gasteiger partial charge in [-0.3, -0.25) is 0 Å². The molecule has 1 heterocycles. The highest BCUT2D eigenvalue weighted by Crippen LogP contribution is 2.28. The van der Waals surface area contributed by atoms with Gasteiger partial charge in [0.25, 0.3) is 0 Å². The summed E-state index contributed by atoms with van der Waals surface area (Å²) >= 11 is 5.57. The van der Waals surface area contributed by atoms with Crippen molar-refractivity contribution in [3.8, 4) is 0 Å². The Morgan fingerprint density at radius 1 is 1.53 bits per heavy atom. The predicted octanol–water partition coefficient (Wildman–Crippen LogP) is 3.25. The second-order valence-electron chi connectivity index (χ2n) is 4.63. The van der Waals surface area contributed by atoms with Crippen LogP contribution < -0.4 is 11.1 Å². The summed E-state index contributed by atoms with van der Waals surface area (Å²) in [6.07, 6.45) is 1.28. The molecule has 1 saturated heterocycles. The maximum absolute atomic E-state index is 5.89. The summed E-state index contributed by atoms with van der Waals surface area (Å²) in [7, 11) is 0. The average molecular weight is 315 g/mol. The Hall–Kier alpha value is -0.190. The Morgan fingerprint density at radius 2 is 2.35 bits per heavy atom. The van der Waals surface area contributed by atoms with Crippen molar-refractivity contribution in [2.75, 3.05) is 23.4 Å². The highest BCUT2D eigenvalue weighted by molar-refractivity contribution is 9.10. The van der Waals surface area contributed by atoms with Crippen LogP contribution in [0.4, 0.5) is 5.69 Å². The van der Waals surface area contributed by atoms with Gasteiger partial charge in [0.2, 0.25) is 0 Å². The molecule has 4 heteroatoms. The van der Waals surface area contributed by atoms with E-state index in [1.165, 1.54) is 29.2 Å². The SMILES string of the molecule is Cc1cc(Br)cc(NC(CN)C2CCSC2)c1. The monoisotopic (exact) mass is 314 g/mol. The summed E-state index contributed by atoms with van der Waals surface area (Å²) in [6, 6.07) is 6.82. The number of halogens is 1. The second-order valence-corrected chi connectivity index (χ2v) is 6.69. The number of nitrogens with one attached hydrogen (secondary N) is 1. The number of rotatable bonds is 4. The topological polar surface area (TPSA) is 38.0 Å². The van der Waals surface area contributed by atoms with Gasteiger partial charge in [-0.25, -0.2) is 0 Å². The molecule has 3 N–H and O–H groups in total. The molecule has 1 aliphatic heterocycles. The van der Waals surface area contributed by atoms with Crippen LogP contribution in [0.1, 0.15) is 12.0 Å². The number of nitrogens with two attached hydrogens (primary N) is 1. The van der Waals surface area contributed by atoms with E-state index < -0.39 is 0 Å². The number of benzene rings is 1. The van der Waals surface area contributed by atoms with Crippen molar-refractivity contribution >= 4 is 33.4 Å². The van der Waals surface area contributed by atoms with Crippen molar-refractivity contribution in [3.63, 3.8) is 0 Å². The van der Waals surface area contributed by atoms with Crippen LogP contribution in [0.3, 0.4) is 0 Å². The molecule has 0 bridgehead atoms. The molecule has 1 aromatic rings. The molecule has 1 aliphatic rings. The molecular weight excluding hydrogens is 296 g/mol. The Labute approximate surface area is 116 Å². The van der Waals surface area contributed by atoms with E-state index >= 15 is 0 Å². The number of anilines is 1. The summed E-state index contributed by atoms with van der Waals surface area (Å²) in [5, 5.41) is 3.58. The van der Waals surface area contributed by atoms with Gasteiger partial charge in [0.05, 0.1) is 0 Å². The highest BCUT2D eigenvalue weighted by Gasteiger charge is 2.24. The third kappa shape index (κ3) is 3.63. The van der Waals surface area contributed by atoms with E-state index in [0.717, 1.165) is 4.47 Å². The number of thioether (sulfide) groups is 1. The molecule has 0 aliphatic carbocycles. The minimum Gasteiger partial charge on any atom is -0.381 e. The fourth-order valence-corrected chi connectivity index (χ4v) is 4.22. The first-order valence-electron chi connectivity index (χ1n) is 6.00. The molecule has 2 nitrogen and oxygen atoms in total. The molecule has 1 aromatic carbocycles. The largest absolute Gasteiger partial charge is 0.381 e.